The van der Waals surface area contributed by atoms with Crippen LogP contribution in [-0.2, 0) is 23.6 Å². The van der Waals surface area contributed by atoms with Crippen LogP contribution in [-0.4, -0.2) is 46.7 Å². The van der Waals surface area contributed by atoms with Crippen LogP contribution in [0.15, 0.2) is 36.4 Å². The minimum atomic E-state index is -4.60. The minimum Gasteiger partial charge on any atom is -0.439 e. The van der Waals surface area contributed by atoms with E-state index in [1.54, 1.807) is 6.92 Å². The summed E-state index contributed by atoms with van der Waals surface area (Å²) >= 11 is 0. The number of carbonyl (C=O) groups excluding carboxylic acids is 1. The summed E-state index contributed by atoms with van der Waals surface area (Å²) in [6, 6.07) is 6.10. The molecular weight excluding hydrogens is 550 g/mol. The Morgan fingerprint density at radius 3 is 2.17 bits per heavy atom. The van der Waals surface area contributed by atoms with Crippen LogP contribution in [0.1, 0.15) is 79.1 Å². The maximum absolute atomic E-state index is 13.8. The second kappa shape index (κ2) is 11.8. The third kappa shape index (κ3) is 6.83. The lowest BCUT2D eigenvalue weighted by molar-refractivity contribution is -0.138. The van der Waals surface area contributed by atoms with E-state index in [-0.39, 0.29) is 36.6 Å². The molecule has 0 aliphatic carbocycles. The molecule has 0 radical (unpaired) electrons. The zero-order valence-corrected chi connectivity index (χ0v) is 23.5. The van der Waals surface area contributed by atoms with E-state index < -0.39 is 41.7 Å². The number of likely N-dealkylation sites (tertiary alicyclic amines) is 1. The van der Waals surface area contributed by atoms with Gasteiger partial charge in [-0.3, -0.25) is 9.80 Å². The molecule has 41 heavy (non-hydrogen) atoms. The molecule has 2 heterocycles. The SMILES string of the molecule is Cc1cc([C@@H]2OC(=O)N(Cc3cc(C(F)(F)F)ccc3C(C(C)C)N3CCC(CO)CC3)[C@@H]2C)cc(C(F)(F)F)c1. The Labute approximate surface area is 236 Å². The van der Waals surface area contributed by atoms with Crippen LogP contribution < -0.4 is 0 Å². The van der Waals surface area contributed by atoms with Crippen LogP contribution in [0.2, 0.25) is 0 Å². The summed E-state index contributed by atoms with van der Waals surface area (Å²) in [5.74, 6) is 0.211. The number of cyclic esters (lactones) is 1. The number of benzene rings is 2. The molecule has 2 aromatic carbocycles. The lowest BCUT2D eigenvalue weighted by atomic mass is 9.86. The molecule has 1 amide bonds. The van der Waals surface area contributed by atoms with Crippen molar-refractivity contribution in [1.82, 2.24) is 9.80 Å². The summed E-state index contributed by atoms with van der Waals surface area (Å²) in [5.41, 5.74) is -0.207. The molecule has 2 aromatic rings. The van der Waals surface area contributed by atoms with Crippen molar-refractivity contribution in [2.75, 3.05) is 19.7 Å². The molecule has 0 bridgehead atoms. The first-order chi connectivity index (χ1) is 19.1. The van der Waals surface area contributed by atoms with Crippen molar-refractivity contribution in [2.45, 2.75) is 77.6 Å². The van der Waals surface area contributed by atoms with E-state index in [4.69, 9.17) is 4.74 Å². The predicted octanol–water partition coefficient (Wildman–Crippen LogP) is 7.52. The number of aliphatic hydroxyl groups is 1. The monoisotopic (exact) mass is 586 g/mol. The number of piperidine rings is 1. The van der Waals surface area contributed by atoms with Crippen molar-refractivity contribution in [3.05, 3.63) is 69.8 Å². The summed E-state index contributed by atoms with van der Waals surface area (Å²) in [5, 5.41) is 9.55. The van der Waals surface area contributed by atoms with Crippen molar-refractivity contribution in [3.63, 3.8) is 0 Å². The number of hydrogen-bond acceptors (Lipinski definition) is 4. The molecule has 0 aromatic heterocycles. The lowest BCUT2D eigenvalue weighted by Gasteiger charge is -2.40. The number of rotatable bonds is 7. The van der Waals surface area contributed by atoms with Gasteiger partial charge >= 0.3 is 18.4 Å². The van der Waals surface area contributed by atoms with Crippen molar-refractivity contribution in [3.8, 4) is 0 Å². The summed E-state index contributed by atoms with van der Waals surface area (Å²) in [4.78, 5) is 16.5. The van der Waals surface area contributed by atoms with E-state index in [0.717, 1.165) is 37.1 Å². The molecule has 4 rings (SSSR count). The third-order valence-corrected chi connectivity index (χ3v) is 8.21. The number of aryl methyl sites for hydroxylation is 1. The van der Waals surface area contributed by atoms with E-state index in [2.05, 4.69) is 4.90 Å². The van der Waals surface area contributed by atoms with Gasteiger partial charge in [0.1, 0.15) is 6.10 Å². The van der Waals surface area contributed by atoms with Gasteiger partial charge in [0.25, 0.3) is 0 Å². The van der Waals surface area contributed by atoms with E-state index in [1.165, 1.54) is 24.0 Å². The van der Waals surface area contributed by atoms with Crippen LogP contribution in [0, 0.1) is 18.8 Å². The van der Waals surface area contributed by atoms with Crippen LogP contribution >= 0.6 is 0 Å². The second-order valence-electron chi connectivity index (χ2n) is 11.6. The number of ether oxygens (including phenoxy) is 1. The van der Waals surface area contributed by atoms with Crippen molar-refractivity contribution in [1.29, 1.82) is 0 Å². The molecule has 11 heteroatoms. The molecule has 5 nitrogen and oxygen atoms in total. The van der Waals surface area contributed by atoms with Crippen molar-refractivity contribution in [2.24, 2.45) is 11.8 Å². The first-order valence-electron chi connectivity index (χ1n) is 13.8. The van der Waals surface area contributed by atoms with Gasteiger partial charge in [0.15, 0.2) is 0 Å². The van der Waals surface area contributed by atoms with Crippen molar-refractivity contribution >= 4 is 6.09 Å². The highest BCUT2D eigenvalue weighted by Crippen LogP contribution is 2.41. The Hall–Kier alpha value is -2.79. The quantitative estimate of drug-likeness (QED) is 0.341. The van der Waals surface area contributed by atoms with Gasteiger partial charge in [0.05, 0.1) is 17.2 Å². The van der Waals surface area contributed by atoms with Crippen LogP contribution in [0.25, 0.3) is 0 Å². The van der Waals surface area contributed by atoms with Gasteiger partial charge in [-0.25, -0.2) is 4.79 Å². The van der Waals surface area contributed by atoms with Gasteiger partial charge in [-0.15, -0.1) is 0 Å². The number of hydrogen-bond donors (Lipinski definition) is 1. The lowest BCUT2D eigenvalue weighted by Crippen LogP contribution is -2.40. The average Bonchev–Trinajstić information content (AvgIpc) is 3.16. The summed E-state index contributed by atoms with van der Waals surface area (Å²) in [6.45, 7) is 8.37. The van der Waals surface area contributed by atoms with E-state index in [0.29, 0.717) is 29.8 Å². The molecule has 1 unspecified atom stereocenters. The van der Waals surface area contributed by atoms with Gasteiger partial charge in [-0.2, -0.15) is 26.3 Å². The fourth-order valence-electron chi connectivity index (χ4n) is 6.08. The fraction of sp³-hybridized carbons (Fsp3) is 0.567. The number of halogens is 6. The van der Waals surface area contributed by atoms with Crippen LogP contribution in [0.4, 0.5) is 31.1 Å². The molecule has 3 atom stereocenters. The maximum Gasteiger partial charge on any atom is 0.416 e. The Morgan fingerprint density at radius 2 is 1.61 bits per heavy atom. The van der Waals surface area contributed by atoms with E-state index in [9.17, 15) is 36.2 Å². The number of nitrogens with zero attached hydrogens (tertiary/aromatic N) is 2. The van der Waals surface area contributed by atoms with E-state index >= 15 is 0 Å². The molecule has 0 saturated carbocycles. The Morgan fingerprint density at radius 1 is 0.976 bits per heavy atom. The predicted molar refractivity (Wildman–Crippen MR) is 141 cm³/mol. The second-order valence-corrected chi connectivity index (χ2v) is 11.6. The molecular formula is C30H36F6N2O3. The van der Waals surface area contributed by atoms with Gasteiger partial charge in [-0.1, -0.05) is 31.5 Å². The number of carbonyl (C=O) groups is 1. The van der Waals surface area contributed by atoms with Gasteiger partial charge in [0, 0.05) is 19.2 Å². The average molecular weight is 587 g/mol. The fourth-order valence-corrected chi connectivity index (χ4v) is 6.08. The van der Waals surface area contributed by atoms with E-state index in [1.807, 2.05) is 13.8 Å². The third-order valence-electron chi connectivity index (χ3n) is 8.21. The van der Waals surface area contributed by atoms with Gasteiger partial charge in [-0.05, 0) is 92.6 Å². The van der Waals surface area contributed by atoms with Gasteiger partial charge < -0.3 is 9.84 Å². The molecule has 2 aliphatic rings. The van der Waals surface area contributed by atoms with Gasteiger partial charge in [0.2, 0.25) is 0 Å². The number of alkyl halides is 6. The number of amides is 1. The first kappa shape index (κ1) is 31.2. The van der Waals surface area contributed by atoms with Crippen LogP contribution in [0.3, 0.4) is 0 Å². The maximum atomic E-state index is 13.8. The molecule has 226 valence electrons. The zero-order valence-electron chi connectivity index (χ0n) is 23.5. The highest BCUT2D eigenvalue weighted by Gasteiger charge is 2.42. The molecule has 2 fully saturated rings. The Balaban J connectivity index is 1.69. The summed E-state index contributed by atoms with van der Waals surface area (Å²) < 4.78 is 87.3. The smallest absolute Gasteiger partial charge is 0.416 e. The van der Waals surface area contributed by atoms with Crippen LogP contribution in [0.5, 0.6) is 0 Å². The largest absolute Gasteiger partial charge is 0.439 e. The molecule has 1 N–H and O–H groups in total. The number of aliphatic hydroxyl groups excluding tert-OH is 1. The highest BCUT2D eigenvalue weighted by molar-refractivity contribution is 5.71. The zero-order chi connectivity index (χ0) is 30.3. The standard InChI is InChI=1S/C30H36F6N2O3/c1-17(2)26(37-9-7-20(16-39)8-10-37)25-6-5-23(29(31,32)33)14-22(25)15-38-19(4)27(41-28(38)40)21-11-18(3)12-24(13-21)30(34,35)36/h5-6,11-14,17,19-20,26-27,39H,7-10,15-16H2,1-4H3/t19-,26?,27-/m1/s1. The highest BCUT2D eigenvalue weighted by atomic mass is 19.4. The minimum absolute atomic E-state index is 0.0277. The molecule has 2 aliphatic heterocycles. The summed E-state index contributed by atoms with van der Waals surface area (Å²) in [6.07, 6.45) is -9.47. The molecule has 2 saturated heterocycles. The van der Waals surface area contributed by atoms with Crippen molar-refractivity contribution < 1.29 is 41.0 Å². The Kier molecular flexibility index (Phi) is 8.99. The first-order valence-corrected chi connectivity index (χ1v) is 13.8. The summed E-state index contributed by atoms with van der Waals surface area (Å²) in [7, 11) is 0. The Bertz CT molecular complexity index is 1240. The topological polar surface area (TPSA) is 53.0 Å². The normalized spacial score (nSPS) is 22.0. The molecule has 0 spiro atoms.